The Morgan fingerprint density at radius 2 is 1.88 bits per heavy atom. The van der Waals surface area contributed by atoms with Crippen molar-refractivity contribution in [3.05, 3.63) is 66.1 Å². The third-order valence-electron chi connectivity index (χ3n) is 3.85. The van der Waals surface area contributed by atoms with E-state index in [4.69, 9.17) is 0 Å². The molecule has 0 amide bonds. The molecule has 5 nitrogen and oxygen atoms in total. The molecule has 2 aromatic heterocycles. The van der Waals surface area contributed by atoms with Crippen LogP contribution in [0.5, 0.6) is 0 Å². The summed E-state index contributed by atoms with van der Waals surface area (Å²) in [7, 11) is 0. The van der Waals surface area contributed by atoms with Crippen molar-refractivity contribution in [3.63, 3.8) is 0 Å². The normalized spacial score (nSPS) is 12.0. The lowest BCUT2D eigenvalue weighted by Crippen LogP contribution is -2.05. The Bertz CT molecular complexity index is 1080. The first-order chi connectivity index (χ1) is 12.4. The number of rotatable bonds is 3. The lowest BCUT2D eigenvalue weighted by atomic mass is 10.1. The first-order valence-electron chi connectivity index (χ1n) is 7.51. The highest BCUT2D eigenvalue weighted by atomic mass is 19.4. The number of hydrogen-bond acceptors (Lipinski definition) is 4. The summed E-state index contributed by atoms with van der Waals surface area (Å²) in [4.78, 5) is 7.49. The summed E-state index contributed by atoms with van der Waals surface area (Å²) in [5.74, 6) is -2.38. The Labute approximate surface area is 143 Å². The average molecular weight is 362 g/mol. The molecule has 0 saturated heterocycles. The van der Waals surface area contributed by atoms with Gasteiger partial charge >= 0.3 is 12.1 Å². The van der Waals surface area contributed by atoms with Gasteiger partial charge < -0.3 is 9.09 Å². The highest BCUT2D eigenvalue weighted by Crippen LogP contribution is 2.29. The van der Waals surface area contributed by atoms with Crippen molar-refractivity contribution in [2.45, 2.75) is 12.7 Å². The van der Waals surface area contributed by atoms with E-state index in [-0.39, 0.29) is 17.9 Å². The van der Waals surface area contributed by atoms with Crippen molar-refractivity contribution >= 4 is 11.0 Å². The number of benzene rings is 2. The fraction of sp³-hybridized carbons (Fsp3) is 0.118. The molecule has 0 radical (unpaired) electrons. The molecule has 132 valence electrons. The number of nitrogens with zero attached hydrogens (tertiary/aromatic N) is 4. The highest BCUT2D eigenvalue weighted by molar-refractivity contribution is 5.75. The molecule has 0 unspecified atom stereocenters. The molecule has 4 rings (SSSR count). The number of hydrogen-bond donors (Lipinski definition) is 0. The minimum Gasteiger partial charge on any atom is -0.329 e. The minimum atomic E-state index is -4.74. The summed E-state index contributed by atoms with van der Waals surface area (Å²) in [5, 5.41) is 3.25. The van der Waals surface area contributed by atoms with E-state index in [0.29, 0.717) is 5.56 Å². The average Bonchev–Trinajstić information content (AvgIpc) is 3.24. The van der Waals surface area contributed by atoms with E-state index in [1.54, 1.807) is 10.9 Å². The second-order valence-corrected chi connectivity index (χ2v) is 5.59. The van der Waals surface area contributed by atoms with Crippen LogP contribution in [0.1, 0.15) is 11.5 Å². The van der Waals surface area contributed by atoms with Gasteiger partial charge in [-0.05, 0) is 18.2 Å². The summed E-state index contributed by atoms with van der Waals surface area (Å²) >= 11 is 0. The number of aromatic nitrogens is 4. The first kappa shape index (κ1) is 16.2. The van der Waals surface area contributed by atoms with E-state index in [2.05, 4.69) is 19.6 Å². The summed E-state index contributed by atoms with van der Waals surface area (Å²) < 4.78 is 57.9. The first-order valence-corrected chi connectivity index (χ1v) is 7.51. The molecular formula is C17H10F4N4O. The molecule has 9 heteroatoms. The topological polar surface area (TPSA) is 56.7 Å². The number of para-hydroxylation sites is 2. The molecule has 2 heterocycles. The van der Waals surface area contributed by atoms with Crippen molar-refractivity contribution in [2.24, 2.45) is 0 Å². The van der Waals surface area contributed by atoms with E-state index >= 15 is 0 Å². The van der Waals surface area contributed by atoms with Gasteiger partial charge in [0.1, 0.15) is 5.82 Å². The van der Waals surface area contributed by atoms with Crippen molar-refractivity contribution < 1.29 is 22.1 Å². The molecule has 0 N–H and O–H groups in total. The van der Waals surface area contributed by atoms with E-state index in [1.807, 2.05) is 24.3 Å². The zero-order chi connectivity index (χ0) is 18.3. The Morgan fingerprint density at radius 1 is 1.08 bits per heavy atom. The van der Waals surface area contributed by atoms with Gasteiger partial charge in [0.15, 0.2) is 0 Å². The Kier molecular flexibility index (Phi) is 3.71. The van der Waals surface area contributed by atoms with Gasteiger partial charge in [-0.3, -0.25) is 0 Å². The van der Waals surface area contributed by atoms with E-state index in [0.717, 1.165) is 17.1 Å². The monoisotopic (exact) mass is 362 g/mol. The molecule has 0 bridgehead atoms. The zero-order valence-electron chi connectivity index (χ0n) is 13.0. The number of imidazole rings is 1. The second-order valence-electron chi connectivity index (χ2n) is 5.59. The summed E-state index contributed by atoms with van der Waals surface area (Å²) in [6.45, 7) is 0.229. The maximum Gasteiger partial charge on any atom is 0.471 e. The van der Waals surface area contributed by atoms with Gasteiger partial charge in [-0.15, -0.1) is 0 Å². The predicted octanol–water partition coefficient (Wildman–Crippen LogP) is 4.29. The zero-order valence-corrected chi connectivity index (χ0v) is 13.0. The van der Waals surface area contributed by atoms with Crippen LogP contribution in [0.15, 0.2) is 53.3 Å². The van der Waals surface area contributed by atoms with Crippen LogP contribution in [0.3, 0.4) is 0 Å². The Morgan fingerprint density at radius 3 is 2.62 bits per heavy atom. The molecule has 2 aromatic carbocycles. The molecule has 0 fully saturated rings. The molecule has 0 spiro atoms. The predicted molar refractivity (Wildman–Crippen MR) is 83.5 cm³/mol. The molecule has 0 saturated carbocycles. The minimum absolute atomic E-state index is 0.0981. The molecule has 0 atom stereocenters. The van der Waals surface area contributed by atoms with Crippen LogP contribution < -0.4 is 0 Å². The molecule has 0 aliphatic carbocycles. The fourth-order valence-electron chi connectivity index (χ4n) is 2.59. The third-order valence-corrected chi connectivity index (χ3v) is 3.85. The fourth-order valence-corrected chi connectivity index (χ4v) is 2.59. The second kappa shape index (κ2) is 5.94. The quantitative estimate of drug-likeness (QED) is 0.510. The van der Waals surface area contributed by atoms with Crippen LogP contribution in [0.2, 0.25) is 0 Å². The van der Waals surface area contributed by atoms with Crippen molar-refractivity contribution in [3.8, 4) is 11.4 Å². The van der Waals surface area contributed by atoms with Gasteiger partial charge in [0, 0.05) is 11.1 Å². The largest absolute Gasteiger partial charge is 0.471 e. The van der Waals surface area contributed by atoms with Crippen LogP contribution in [0, 0.1) is 5.82 Å². The number of halogens is 4. The van der Waals surface area contributed by atoms with E-state index in [9.17, 15) is 17.6 Å². The molecule has 4 aromatic rings. The lowest BCUT2D eigenvalue weighted by Gasteiger charge is -2.07. The molecule has 0 aliphatic rings. The van der Waals surface area contributed by atoms with Gasteiger partial charge in [-0.1, -0.05) is 29.4 Å². The lowest BCUT2D eigenvalue weighted by molar-refractivity contribution is -0.159. The third kappa shape index (κ3) is 2.92. The highest BCUT2D eigenvalue weighted by Gasteiger charge is 2.38. The van der Waals surface area contributed by atoms with E-state index < -0.39 is 17.9 Å². The van der Waals surface area contributed by atoms with E-state index in [1.165, 1.54) is 12.1 Å². The van der Waals surface area contributed by atoms with Gasteiger partial charge in [-0.25, -0.2) is 9.37 Å². The van der Waals surface area contributed by atoms with Crippen LogP contribution in [0.25, 0.3) is 22.4 Å². The van der Waals surface area contributed by atoms with Crippen LogP contribution >= 0.6 is 0 Å². The van der Waals surface area contributed by atoms with Crippen molar-refractivity contribution in [1.29, 1.82) is 0 Å². The van der Waals surface area contributed by atoms with Gasteiger partial charge in [0.05, 0.1) is 23.9 Å². The van der Waals surface area contributed by atoms with Crippen LogP contribution in [-0.2, 0) is 12.7 Å². The summed E-state index contributed by atoms with van der Waals surface area (Å²) in [6, 6.07) is 11.4. The summed E-state index contributed by atoms with van der Waals surface area (Å²) in [5.41, 5.74) is 2.09. The van der Waals surface area contributed by atoms with Crippen LogP contribution in [-0.4, -0.2) is 19.7 Å². The SMILES string of the molecule is Fc1cc(-c2noc(C(F)(F)F)n2)ccc1Cn1cnc2ccccc21. The summed E-state index contributed by atoms with van der Waals surface area (Å²) in [6.07, 6.45) is -3.14. The molecule has 0 aliphatic heterocycles. The van der Waals surface area contributed by atoms with Gasteiger partial charge in [0.25, 0.3) is 0 Å². The number of alkyl halides is 3. The maximum atomic E-state index is 14.4. The Balaban J connectivity index is 1.63. The Hall–Kier alpha value is -3.23. The number of fused-ring (bicyclic) bond motifs is 1. The van der Waals surface area contributed by atoms with Gasteiger partial charge in [0.2, 0.25) is 5.82 Å². The smallest absolute Gasteiger partial charge is 0.329 e. The van der Waals surface area contributed by atoms with Crippen LogP contribution in [0.4, 0.5) is 17.6 Å². The van der Waals surface area contributed by atoms with Gasteiger partial charge in [-0.2, -0.15) is 18.2 Å². The standard InChI is InChI=1S/C17H10F4N4O/c18-12-7-10(15-23-16(26-24-15)17(19,20)21)5-6-11(12)8-25-9-22-13-3-1-2-4-14(13)25/h1-7,9H,8H2. The van der Waals surface area contributed by atoms with Crippen molar-refractivity contribution in [2.75, 3.05) is 0 Å². The molecular weight excluding hydrogens is 352 g/mol. The molecule has 26 heavy (non-hydrogen) atoms. The maximum absolute atomic E-state index is 14.4. The van der Waals surface area contributed by atoms with Crippen molar-refractivity contribution in [1.82, 2.24) is 19.7 Å².